The number of rotatable bonds is 1. The summed E-state index contributed by atoms with van der Waals surface area (Å²) in [6, 6.07) is 4.90. The van der Waals surface area contributed by atoms with Crippen molar-refractivity contribution in [3.8, 4) is 5.69 Å². The molecule has 1 aromatic carbocycles. The van der Waals surface area contributed by atoms with Crippen LogP contribution in [0.1, 0.15) is 5.69 Å². The fraction of sp³-hybridized carbons (Fsp3) is 0.182. The van der Waals surface area contributed by atoms with Gasteiger partial charge in [0.2, 0.25) is 0 Å². The topological polar surface area (TPSA) is 54.9 Å². The monoisotopic (exact) mass is 302 g/mol. The summed E-state index contributed by atoms with van der Waals surface area (Å²) >= 11 is 11.7. The lowest BCUT2D eigenvalue weighted by Crippen LogP contribution is -2.18. The van der Waals surface area contributed by atoms with Crippen LogP contribution in [0.5, 0.6) is 0 Å². The van der Waals surface area contributed by atoms with Crippen molar-refractivity contribution in [3.05, 3.63) is 44.3 Å². The summed E-state index contributed by atoms with van der Waals surface area (Å²) in [6.07, 6.45) is 0.630. The number of halogens is 2. The zero-order valence-electron chi connectivity index (χ0n) is 9.07. The summed E-state index contributed by atoms with van der Waals surface area (Å²) in [5.74, 6) is 0.513. The molecule has 1 aliphatic rings. The largest absolute Gasteiger partial charge is 0.294 e. The number of nitrogens with zero attached hydrogens (tertiary/aromatic N) is 1. The lowest BCUT2D eigenvalue weighted by molar-refractivity contribution is 0.684. The SMILES string of the molecule is O=c1c2c([nH]n1-c1ccc(Cl)c(Cl)c1)CCS2=O. The zero-order chi connectivity index (χ0) is 12.9. The Bertz CT molecular complexity index is 720. The molecular weight excluding hydrogens is 295 g/mol. The van der Waals surface area contributed by atoms with Crippen molar-refractivity contribution in [3.63, 3.8) is 0 Å². The highest BCUT2D eigenvalue weighted by Gasteiger charge is 2.26. The normalized spacial score (nSPS) is 18.0. The summed E-state index contributed by atoms with van der Waals surface area (Å²) in [5, 5.41) is 3.76. The van der Waals surface area contributed by atoms with Gasteiger partial charge in [0.05, 0.1) is 32.2 Å². The predicted molar refractivity (Wildman–Crippen MR) is 71.4 cm³/mol. The maximum absolute atomic E-state index is 12.1. The van der Waals surface area contributed by atoms with Gasteiger partial charge in [-0.2, -0.15) is 0 Å². The molecule has 7 heteroatoms. The van der Waals surface area contributed by atoms with Crippen LogP contribution in [-0.4, -0.2) is 19.7 Å². The minimum atomic E-state index is -1.20. The molecule has 0 spiro atoms. The van der Waals surface area contributed by atoms with E-state index in [2.05, 4.69) is 5.10 Å². The van der Waals surface area contributed by atoms with Crippen LogP contribution in [0, 0.1) is 0 Å². The molecule has 0 saturated carbocycles. The number of aromatic nitrogens is 2. The minimum absolute atomic E-state index is 0.278. The van der Waals surface area contributed by atoms with E-state index in [-0.39, 0.29) is 5.56 Å². The van der Waals surface area contributed by atoms with E-state index in [0.717, 1.165) is 5.69 Å². The van der Waals surface area contributed by atoms with Gasteiger partial charge in [0, 0.05) is 12.2 Å². The van der Waals surface area contributed by atoms with Crippen LogP contribution >= 0.6 is 23.2 Å². The van der Waals surface area contributed by atoms with Crippen LogP contribution in [-0.2, 0) is 17.2 Å². The maximum atomic E-state index is 12.1. The predicted octanol–water partition coefficient (Wildman–Crippen LogP) is 2.14. The summed E-state index contributed by atoms with van der Waals surface area (Å²) < 4.78 is 13.0. The molecule has 1 atom stereocenters. The van der Waals surface area contributed by atoms with Crippen LogP contribution in [0.4, 0.5) is 0 Å². The van der Waals surface area contributed by atoms with Gasteiger partial charge < -0.3 is 0 Å². The Kier molecular flexibility index (Phi) is 2.84. The maximum Gasteiger partial charge on any atom is 0.287 e. The highest BCUT2D eigenvalue weighted by Crippen LogP contribution is 2.25. The van der Waals surface area contributed by atoms with Crippen molar-refractivity contribution >= 4 is 34.0 Å². The summed E-state index contributed by atoms with van der Waals surface area (Å²) in [5.41, 5.74) is 1.05. The highest BCUT2D eigenvalue weighted by molar-refractivity contribution is 7.85. The van der Waals surface area contributed by atoms with Gasteiger partial charge >= 0.3 is 0 Å². The molecule has 1 unspecified atom stereocenters. The van der Waals surface area contributed by atoms with E-state index >= 15 is 0 Å². The van der Waals surface area contributed by atoms with Crippen LogP contribution < -0.4 is 5.56 Å². The van der Waals surface area contributed by atoms with Gasteiger partial charge in [-0.05, 0) is 18.2 Å². The number of benzene rings is 1. The Morgan fingerprint density at radius 1 is 1.28 bits per heavy atom. The van der Waals surface area contributed by atoms with Crippen LogP contribution in [0.2, 0.25) is 10.0 Å². The van der Waals surface area contributed by atoms with Crippen LogP contribution in [0.25, 0.3) is 5.69 Å². The molecular formula is C11H8Cl2N2O2S. The molecule has 4 nitrogen and oxygen atoms in total. The van der Waals surface area contributed by atoms with Gasteiger partial charge in [-0.1, -0.05) is 23.2 Å². The van der Waals surface area contributed by atoms with E-state index in [0.29, 0.717) is 32.8 Å². The van der Waals surface area contributed by atoms with Gasteiger partial charge in [0.15, 0.2) is 0 Å². The minimum Gasteiger partial charge on any atom is -0.294 e. The molecule has 0 bridgehead atoms. The third kappa shape index (κ3) is 1.74. The first kappa shape index (κ1) is 12.0. The highest BCUT2D eigenvalue weighted by atomic mass is 35.5. The van der Waals surface area contributed by atoms with E-state index in [1.165, 1.54) is 4.68 Å². The molecule has 0 aliphatic carbocycles. The number of hydrogen-bond acceptors (Lipinski definition) is 2. The molecule has 18 heavy (non-hydrogen) atoms. The van der Waals surface area contributed by atoms with Gasteiger partial charge in [0.25, 0.3) is 5.56 Å². The molecule has 0 amide bonds. The Morgan fingerprint density at radius 2 is 2.06 bits per heavy atom. The molecule has 1 aromatic heterocycles. The van der Waals surface area contributed by atoms with Crippen molar-refractivity contribution in [2.24, 2.45) is 0 Å². The first-order valence-electron chi connectivity index (χ1n) is 5.25. The van der Waals surface area contributed by atoms with Crippen LogP contribution in [0.3, 0.4) is 0 Å². The first-order valence-corrected chi connectivity index (χ1v) is 7.33. The Balaban J connectivity index is 2.19. The van der Waals surface area contributed by atoms with E-state index in [9.17, 15) is 9.00 Å². The molecule has 1 N–H and O–H groups in total. The Morgan fingerprint density at radius 3 is 2.72 bits per heavy atom. The van der Waals surface area contributed by atoms with Crippen molar-refractivity contribution < 1.29 is 4.21 Å². The fourth-order valence-electron chi connectivity index (χ4n) is 1.97. The van der Waals surface area contributed by atoms with Gasteiger partial charge in [0.1, 0.15) is 4.90 Å². The standard InChI is InChI=1S/C11H8Cl2N2O2S/c12-7-2-1-6(5-8(7)13)15-11(16)10-9(14-15)3-4-18(10)17/h1-2,5,14H,3-4H2. The third-order valence-electron chi connectivity index (χ3n) is 2.84. The first-order chi connectivity index (χ1) is 8.58. The molecule has 1 aliphatic heterocycles. The van der Waals surface area contributed by atoms with Crippen LogP contribution in [0.15, 0.2) is 27.9 Å². The zero-order valence-corrected chi connectivity index (χ0v) is 11.4. The number of hydrogen-bond donors (Lipinski definition) is 1. The molecule has 3 rings (SSSR count). The van der Waals surface area contributed by atoms with E-state index in [1.54, 1.807) is 18.2 Å². The van der Waals surface area contributed by atoms with Crippen molar-refractivity contribution in [1.82, 2.24) is 9.78 Å². The van der Waals surface area contributed by atoms with Gasteiger partial charge in [-0.3, -0.25) is 14.1 Å². The summed E-state index contributed by atoms with van der Waals surface area (Å²) in [6.45, 7) is 0. The van der Waals surface area contributed by atoms with E-state index in [1.807, 2.05) is 0 Å². The summed E-state index contributed by atoms with van der Waals surface area (Å²) in [7, 11) is -1.20. The van der Waals surface area contributed by atoms with Gasteiger partial charge in [-0.25, -0.2) is 4.68 Å². The van der Waals surface area contributed by atoms with E-state index < -0.39 is 10.8 Å². The lowest BCUT2D eigenvalue weighted by atomic mass is 10.3. The van der Waals surface area contributed by atoms with Crippen molar-refractivity contribution in [1.29, 1.82) is 0 Å². The Hall–Kier alpha value is -1.04. The molecule has 0 fully saturated rings. The molecule has 2 heterocycles. The lowest BCUT2D eigenvalue weighted by Gasteiger charge is -2.03. The van der Waals surface area contributed by atoms with Gasteiger partial charge in [-0.15, -0.1) is 0 Å². The quantitative estimate of drug-likeness (QED) is 0.877. The number of aryl methyl sites for hydroxylation is 1. The Labute approximate surface area is 115 Å². The third-order valence-corrected chi connectivity index (χ3v) is 5.04. The molecule has 2 aromatic rings. The molecule has 0 radical (unpaired) electrons. The average Bonchev–Trinajstić information content (AvgIpc) is 2.85. The van der Waals surface area contributed by atoms with Crippen molar-refractivity contribution in [2.45, 2.75) is 11.3 Å². The molecule has 0 saturated heterocycles. The van der Waals surface area contributed by atoms with Crippen molar-refractivity contribution in [2.75, 3.05) is 5.75 Å². The second kappa shape index (κ2) is 4.26. The second-order valence-electron chi connectivity index (χ2n) is 3.96. The number of aromatic amines is 1. The number of H-pyrrole nitrogens is 1. The second-order valence-corrected chi connectivity index (χ2v) is 6.28. The molecule has 94 valence electrons. The number of nitrogens with one attached hydrogen (secondary N) is 1. The van der Waals surface area contributed by atoms with E-state index in [4.69, 9.17) is 23.2 Å². The fourth-order valence-corrected chi connectivity index (χ4v) is 3.57. The smallest absolute Gasteiger partial charge is 0.287 e. The summed E-state index contributed by atoms with van der Waals surface area (Å²) in [4.78, 5) is 12.5. The average molecular weight is 303 g/mol. The number of fused-ring (bicyclic) bond motifs is 1.